The molecule has 0 aromatic carbocycles. The Hall–Kier alpha value is -0.350. The number of aromatic nitrogens is 2. The number of aryl methyl sites for hydroxylation is 1. The first-order chi connectivity index (χ1) is 7.48. The molecule has 3 nitrogen and oxygen atoms in total. The molecule has 4 heteroatoms. The van der Waals surface area contributed by atoms with Gasteiger partial charge in [0.15, 0.2) is 0 Å². The van der Waals surface area contributed by atoms with Gasteiger partial charge in [-0.15, -0.1) is 0 Å². The van der Waals surface area contributed by atoms with Crippen LogP contribution in [0.1, 0.15) is 39.3 Å². The monoisotopic (exact) mass is 286 g/mol. The van der Waals surface area contributed by atoms with E-state index >= 15 is 0 Å². The van der Waals surface area contributed by atoms with Gasteiger partial charge in [0.2, 0.25) is 0 Å². The highest BCUT2D eigenvalue weighted by Gasteiger charge is 2.47. The third kappa shape index (κ3) is 1.82. The van der Waals surface area contributed by atoms with Crippen molar-refractivity contribution in [3.05, 3.63) is 16.4 Å². The average Bonchev–Trinajstić information content (AvgIpc) is 2.54. The molecule has 1 aliphatic rings. The minimum Gasteiger partial charge on any atom is -0.384 e. The van der Waals surface area contributed by atoms with Gasteiger partial charge in [0.1, 0.15) is 5.60 Å². The van der Waals surface area contributed by atoms with Crippen LogP contribution in [-0.2, 0) is 12.1 Å². The fraction of sp³-hybridized carbons (Fsp3) is 0.750. The summed E-state index contributed by atoms with van der Waals surface area (Å²) < 4.78 is 2.82. The molecule has 1 heterocycles. The van der Waals surface area contributed by atoms with Crippen LogP contribution in [-0.4, -0.2) is 14.9 Å². The van der Waals surface area contributed by atoms with E-state index in [4.69, 9.17) is 0 Å². The molecule has 2 rings (SSSR count). The molecule has 0 spiro atoms. The Balaban J connectivity index is 2.22. The first-order valence-electron chi connectivity index (χ1n) is 5.92. The molecule has 1 saturated carbocycles. The number of rotatable bonds is 3. The van der Waals surface area contributed by atoms with Crippen molar-refractivity contribution in [1.82, 2.24) is 9.78 Å². The molecule has 1 aromatic heterocycles. The van der Waals surface area contributed by atoms with Crippen molar-refractivity contribution in [2.45, 2.75) is 45.8 Å². The Morgan fingerprint density at radius 2 is 2.25 bits per heavy atom. The van der Waals surface area contributed by atoms with Gasteiger partial charge in [-0.1, -0.05) is 13.8 Å². The minimum absolute atomic E-state index is 0.636. The van der Waals surface area contributed by atoms with E-state index in [-0.39, 0.29) is 0 Å². The van der Waals surface area contributed by atoms with Gasteiger partial charge in [-0.25, -0.2) is 0 Å². The number of aliphatic hydroxyl groups is 1. The van der Waals surface area contributed by atoms with Crippen molar-refractivity contribution in [1.29, 1.82) is 0 Å². The van der Waals surface area contributed by atoms with Gasteiger partial charge >= 0.3 is 0 Å². The fourth-order valence-corrected chi connectivity index (χ4v) is 3.20. The molecule has 0 amide bonds. The number of nitrogens with zero attached hydrogens (tertiary/aromatic N) is 2. The van der Waals surface area contributed by atoms with Gasteiger partial charge in [-0.3, -0.25) is 4.68 Å². The molecule has 1 N–H and O–H groups in total. The van der Waals surface area contributed by atoms with Crippen LogP contribution in [0.5, 0.6) is 0 Å². The summed E-state index contributed by atoms with van der Waals surface area (Å²) in [6, 6.07) is 0. The van der Waals surface area contributed by atoms with E-state index in [0.29, 0.717) is 11.8 Å². The molecule has 90 valence electrons. The van der Waals surface area contributed by atoms with Crippen molar-refractivity contribution < 1.29 is 5.11 Å². The summed E-state index contributed by atoms with van der Waals surface area (Å²) >= 11 is 3.48. The standard InChI is InChI=1S/C12H19BrN2O/c1-4-15-11(10(13)7-14-15)12(16)5-9(6-12)8(2)3/h7-9,16H,4-6H2,1-3H3. The second kappa shape index (κ2) is 4.15. The molecule has 0 aliphatic heterocycles. The molecule has 1 aromatic rings. The molecule has 0 radical (unpaired) electrons. The van der Waals surface area contributed by atoms with Crippen LogP contribution >= 0.6 is 15.9 Å². The summed E-state index contributed by atoms with van der Waals surface area (Å²) in [7, 11) is 0. The van der Waals surface area contributed by atoms with Crippen LogP contribution in [0.2, 0.25) is 0 Å². The minimum atomic E-state index is -0.666. The van der Waals surface area contributed by atoms with E-state index in [1.807, 2.05) is 11.6 Å². The van der Waals surface area contributed by atoms with Crippen molar-refractivity contribution >= 4 is 15.9 Å². The largest absolute Gasteiger partial charge is 0.384 e. The normalized spacial score (nSPS) is 29.5. The van der Waals surface area contributed by atoms with Crippen LogP contribution in [0.25, 0.3) is 0 Å². The molecule has 1 aliphatic carbocycles. The van der Waals surface area contributed by atoms with Crippen LogP contribution in [0.15, 0.2) is 10.7 Å². The van der Waals surface area contributed by atoms with Crippen LogP contribution in [0.3, 0.4) is 0 Å². The highest BCUT2D eigenvalue weighted by Crippen LogP contribution is 2.50. The van der Waals surface area contributed by atoms with Crippen molar-refractivity contribution in [2.24, 2.45) is 11.8 Å². The number of hydrogen-bond acceptors (Lipinski definition) is 2. The molecular formula is C12H19BrN2O. The summed E-state index contributed by atoms with van der Waals surface area (Å²) in [6.45, 7) is 7.29. The second-order valence-electron chi connectivity index (χ2n) is 5.10. The lowest BCUT2D eigenvalue weighted by Crippen LogP contribution is -2.44. The third-order valence-electron chi connectivity index (χ3n) is 3.68. The molecule has 16 heavy (non-hydrogen) atoms. The van der Waals surface area contributed by atoms with Gasteiger partial charge < -0.3 is 5.11 Å². The van der Waals surface area contributed by atoms with Gasteiger partial charge in [0, 0.05) is 6.54 Å². The summed E-state index contributed by atoms with van der Waals surface area (Å²) in [5.74, 6) is 1.29. The Kier molecular flexibility index (Phi) is 3.14. The maximum Gasteiger partial charge on any atom is 0.108 e. The lowest BCUT2D eigenvalue weighted by atomic mass is 9.65. The summed E-state index contributed by atoms with van der Waals surface area (Å²) in [4.78, 5) is 0. The van der Waals surface area contributed by atoms with Crippen LogP contribution < -0.4 is 0 Å². The number of hydrogen-bond donors (Lipinski definition) is 1. The number of halogens is 1. The molecule has 0 saturated heterocycles. The predicted octanol–water partition coefficient (Wildman–Crippen LogP) is 2.92. The van der Waals surface area contributed by atoms with Crippen molar-refractivity contribution in [2.75, 3.05) is 0 Å². The maximum atomic E-state index is 10.6. The summed E-state index contributed by atoms with van der Waals surface area (Å²) in [5, 5.41) is 14.9. The SMILES string of the molecule is CCn1ncc(Br)c1C1(O)CC(C(C)C)C1. The zero-order chi connectivity index (χ0) is 11.9. The van der Waals surface area contributed by atoms with Gasteiger partial charge in [0.25, 0.3) is 0 Å². The summed E-state index contributed by atoms with van der Waals surface area (Å²) in [5.41, 5.74) is 0.284. The van der Waals surface area contributed by atoms with Crippen molar-refractivity contribution in [3.63, 3.8) is 0 Å². The molecule has 0 bridgehead atoms. The van der Waals surface area contributed by atoms with Gasteiger partial charge in [-0.05, 0) is 47.5 Å². The van der Waals surface area contributed by atoms with Crippen LogP contribution in [0, 0.1) is 11.8 Å². The van der Waals surface area contributed by atoms with E-state index in [1.165, 1.54) is 0 Å². The maximum absolute atomic E-state index is 10.6. The van der Waals surface area contributed by atoms with Crippen LogP contribution in [0.4, 0.5) is 0 Å². The first-order valence-corrected chi connectivity index (χ1v) is 6.71. The lowest BCUT2D eigenvalue weighted by molar-refractivity contribution is -0.0998. The fourth-order valence-electron chi connectivity index (χ4n) is 2.54. The first kappa shape index (κ1) is 12.1. The highest BCUT2D eigenvalue weighted by molar-refractivity contribution is 9.10. The second-order valence-corrected chi connectivity index (χ2v) is 5.96. The Morgan fingerprint density at radius 3 is 2.75 bits per heavy atom. The van der Waals surface area contributed by atoms with Gasteiger partial charge in [0.05, 0.1) is 16.4 Å². The molecule has 1 fully saturated rings. The molecular weight excluding hydrogens is 268 g/mol. The van der Waals surface area contributed by atoms with E-state index in [1.54, 1.807) is 6.20 Å². The third-order valence-corrected chi connectivity index (χ3v) is 4.26. The van der Waals surface area contributed by atoms with E-state index in [2.05, 4.69) is 34.9 Å². The molecule has 0 atom stereocenters. The highest BCUT2D eigenvalue weighted by atomic mass is 79.9. The smallest absolute Gasteiger partial charge is 0.108 e. The topological polar surface area (TPSA) is 38.0 Å². The van der Waals surface area contributed by atoms with Crippen molar-refractivity contribution in [3.8, 4) is 0 Å². The Labute approximate surface area is 105 Å². The molecule has 0 unspecified atom stereocenters. The Bertz CT molecular complexity index is 380. The van der Waals surface area contributed by atoms with E-state index in [9.17, 15) is 5.11 Å². The van der Waals surface area contributed by atoms with E-state index < -0.39 is 5.60 Å². The predicted molar refractivity (Wildman–Crippen MR) is 67.1 cm³/mol. The van der Waals surface area contributed by atoms with E-state index in [0.717, 1.165) is 29.6 Å². The zero-order valence-electron chi connectivity index (χ0n) is 10.1. The lowest BCUT2D eigenvalue weighted by Gasteiger charge is -2.46. The Morgan fingerprint density at radius 1 is 1.62 bits per heavy atom. The summed E-state index contributed by atoms with van der Waals surface area (Å²) in [6.07, 6.45) is 3.49. The quantitative estimate of drug-likeness (QED) is 0.928. The average molecular weight is 287 g/mol. The van der Waals surface area contributed by atoms with Gasteiger partial charge in [-0.2, -0.15) is 5.10 Å². The zero-order valence-corrected chi connectivity index (χ0v) is 11.7.